The van der Waals surface area contributed by atoms with Crippen LogP contribution in [0.4, 0.5) is 0 Å². The molecule has 2 heterocycles. The molecule has 1 saturated heterocycles. The lowest BCUT2D eigenvalue weighted by atomic mass is 9.55. The van der Waals surface area contributed by atoms with Gasteiger partial charge in [-0.1, -0.05) is 19.9 Å². The van der Waals surface area contributed by atoms with Crippen LogP contribution in [0.3, 0.4) is 0 Å². The van der Waals surface area contributed by atoms with Crippen molar-refractivity contribution in [2.24, 2.45) is 17.3 Å². The molecular weight excluding hydrogens is 276 g/mol. The Morgan fingerprint density at radius 2 is 2.32 bits per heavy atom. The van der Waals surface area contributed by atoms with E-state index in [1.807, 2.05) is 24.4 Å². The van der Waals surface area contributed by atoms with Gasteiger partial charge in [0, 0.05) is 49.0 Å². The molecule has 4 nitrogen and oxygen atoms in total. The first kappa shape index (κ1) is 15.9. The molecule has 1 saturated carbocycles. The van der Waals surface area contributed by atoms with Gasteiger partial charge in [0.15, 0.2) is 0 Å². The molecule has 2 N–H and O–H groups in total. The maximum absolute atomic E-state index is 9.66. The van der Waals surface area contributed by atoms with Crippen LogP contribution in [0.5, 0.6) is 0 Å². The molecule has 0 spiro atoms. The molecule has 2 fully saturated rings. The highest BCUT2D eigenvalue weighted by atomic mass is 16.5. The number of hydrogen-bond acceptors (Lipinski definition) is 4. The van der Waals surface area contributed by atoms with E-state index in [1.165, 1.54) is 12.8 Å². The quantitative estimate of drug-likeness (QED) is 0.844. The molecule has 1 aliphatic heterocycles. The largest absolute Gasteiger partial charge is 0.396 e. The van der Waals surface area contributed by atoms with Gasteiger partial charge in [0.1, 0.15) is 0 Å². The van der Waals surface area contributed by atoms with E-state index >= 15 is 0 Å². The van der Waals surface area contributed by atoms with Crippen molar-refractivity contribution < 1.29 is 9.84 Å². The Bertz CT molecular complexity index is 477. The van der Waals surface area contributed by atoms with Crippen molar-refractivity contribution in [2.45, 2.75) is 45.3 Å². The van der Waals surface area contributed by atoms with E-state index < -0.39 is 0 Å². The molecule has 0 radical (unpaired) electrons. The Balaban J connectivity index is 1.54. The molecule has 122 valence electrons. The summed E-state index contributed by atoms with van der Waals surface area (Å²) in [6.07, 6.45) is 5.48. The highest BCUT2D eigenvalue weighted by Crippen LogP contribution is 2.51. The number of rotatable bonds is 6. The molecule has 2 aliphatic rings. The number of pyridine rings is 1. The molecule has 4 unspecified atom stereocenters. The van der Waals surface area contributed by atoms with Gasteiger partial charge in [-0.25, -0.2) is 0 Å². The summed E-state index contributed by atoms with van der Waals surface area (Å²) in [4.78, 5) is 4.36. The van der Waals surface area contributed by atoms with Crippen LogP contribution in [-0.2, 0) is 11.2 Å². The molecule has 3 rings (SSSR count). The minimum atomic E-state index is 0.191. The summed E-state index contributed by atoms with van der Waals surface area (Å²) in [5.41, 5.74) is 1.24. The first-order chi connectivity index (χ1) is 10.6. The summed E-state index contributed by atoms with van der Waals surface area (Å²) in [6, 6.07) is 6.45. The molecule has 0 aromatic carbocycles. The van der Waals surface area contributed by atoms with Gasteiger partial charge in [-0.15, -0.1) is 0 Å². The molecular formula is C18H28N2O2. The summed E-state index contributed by atoms with van der Waals surface area (Å²) in [6.45, 7) is 6.54. The standard InChI is InChI=1S/C18H28N2O2/c1-18(2)16(15-7-5-9-22-17(15)18)20-11-13(12-21)10-14-6-3-4-8-19-14/h3-4,6,8,13,15-17,20-21H,5,7,9-12H2,1-2H3. The van der Waals surface area contributed by atoms with Crippen LogP contribution in [0.15, 0.2) is 24.4 Å². The Morgan fingerprint density at radius 1 is 1.45 bits per heavy atom. The monoisotopic (exact) mass is 304 g/mol. The van der Waals surface area contributed by atoms with Crippen LogP contribution < -0.4 is 5.32 Å². The Hall–Kier alpha value is -0.970. The first-order valence-corrected chi connectivity index (χ1v) is 8.48. The zero-order valence-corrected chi connectivity index (χ0v) is 13.7. The maximum Gasteiger partial charge on any atom is 0.0684 e. The third-order valence-electron chi connectivity index (χ3n) is 5.44. The fourth-order valence-electron chi connectivity index (χ4n) is 4.25. The van der Waals surface area contributed by atoms with Gasteiger partial charge in [-0.05, 0) is 37.3 Å². The van der Waals surface area contributed by atoms with E-state index in [1.54, 1.807) is 0 Å². The zero-order chi connectivity index (χ0) is 15.6. The van der Waals surface area contributed by atoms with Crippen molar-refractivity contribution in [1.29, 1.82) is 0 Å². The molecule has 0 amide bonds. The van der Waals surface area contributed by atoms with E-state index in [2.05, 4.69) is 24.1 Å². The first-order valence-electron chi connectivity index (χ1n) is 8.48. The fraction of sp³-hybridized carbons (Fsp3) is 0.722. The van der Waals surface area contributed by atoms with Crippen molar-refractivity contribution in [2.75, 3.05) is 19.8 Å². The number of ether oxygens (including phenoxy) is 1. The highest BCUT2D eigenvalue weighted by Gasteiger charge is 2.57. The maximum atomic E-state index is 9.66. The van der Waals surface area contributed by atoms with Crippen molar-refractivity contribution in [3.8, 4) is 0 Å². The van der Waals surface area contributed by atoms with Crippen molar-refractivity contribution in [3.63, 3.8) is 0 Å². The van der Waals surface area contributed by atoms with E-state index in [0.717, 1.165) is 25.3 Å². The number of nitrogens with one attached hydrogen (secondary N) is 1. The second-order valence-electron chi connectivity index (χ2n) is 7.38. The number of nitrogens with zero attached hydrogens (tertiary/aromatic N) is 1. The second-order valence-corrected chi connectivity index (χ2v) is 7.38. The third kappa shape index (κ3) is 3.05. The molecule has 0 bridgehead atoms. The Labute approximate surface area is 133 Å². The van der Waals surface area contributed by atoms with Crippen molar-refractivity contribution in [1.82, 2.24) is 10.3 Å². The highest BCUT2D eigenvalue weighted by molar-refractivity contribution is 5.10. The number of aromatic nitrogens is 1. The van der Waals surface area contributed by atoms with E-state index in [9.17, 15) is 5.11 Å². The van der Waals surface area contributed by atoms with Crippen LogP contribution >= 0.6 is 0 Å². The van der Waals surface area contributed by atoms with Crippen LogP contribution in [0, 0.1) is 17.3 Å². The lowest BCUT2D eigenvalue weighted by molar-refractivity contribution is -0.193. The molecule has 4 atom stereocenters. The number of fused-ring (bicyclic) bond motifs is 1. The Morgan fingerprint density at radius 3 is 3.05 bits per heavy atom. The fourth-order valence-corrected chi connectivity index (χ4v) is 4.25. The van der Waals surface area contributed by atoms with E-state index in [4.69, 9.17) is 4.74 Å². The van der Waals surface area contributed by atoms with Crippen LogP contribution in [-0.4, -0.2) is 42.0 Å². The number of aliphatic hydroxyl groups is 1. The van der Waals surface area contributed by atoms with Gasteiger partial charge in [-0.2, -0.15) is 0 Å². The molecule has 1 aromatic rings. The van der Waals surface area contributed by atoms with Gasteiger partial charge in [-0.3, -0.25) is 4.98 Å². The predicted molar refractivity (Wildman–Crippen MR) is 86.6 cm³/mol. The summed E-state index contributed by atoms with van der Waals surface area (Å²) in [7, 11) is 0. The van der Waals surface area contributed by atoms with Gasteiger partial charge < -0.3 is 15.2 Å². The van der Waals surface area contributed by atoms with Crippen LogP contribution in [0.2, 0.25) is 0 Å². The molecule has 1 aromatic heterocycles. The predicted octanol–water partition coefficient (Wildman–Crippen LogP) is 2.03. The van der Waals surface area contributed by atoms with Crippen LogP contribution in [0.25, 0.3) is 0 Å². The lowest BCUT2D eigenvalue weighted by Crippen LogP contribution is -2.69. The van der Waals surface area contributed by atoms with Crippen molar-refractivity contribution >= 4 is 0 Å². The van der Waals surface area contributed by atoms with Gasteiger partial charge in [0.2, 0.25) is 0 Å². The summed E-state index contributed by atoms with van der Waals surface area (Å²) < 4.78 is 5.95. The minimum Gasteiger partial charge on any atom is -0.396 e. The minimum absolute atomic E-state index is 0.191. The van der Waals surface area contributed by atoms with Crippen LogP contribution in [0.1, 0.15) is 32.4 Å². The van der Waals surface area contributed by atoms with Gasteiger partial charge in [0.05, 0.1) is 6.10 Å². The molecule has 22 heavy (non-hydrogen) atoms. The zero-order valence-electron chi connectivity index (χ0n) is 13.7. The lowest BCUT2D eigenvalue weighted by Gasteiger charge is -2.60. The average Bonchev–Trinajstić information content (AvgIpc) is 2.55. The number of aliphatic hydroxyl groups excluding tert-OH is 1. The normalized spacial score (nSPS) is 31.1. The third-order valence-corrected chi connectivity index (χ3v) is 5.44. The number of hydrogen-bond donors (Lipinski definition) is 2. The van der Waals surface area contributed by atoms with E-state index in [-0.39, 0.29) is 17.9 Å². The molecule has 1 aliphatic carbocycles. The van der Waals surface area contributed by atoms with Crippen molar-refractivity contribution in [3.05, 3.63) is 30.1 Å². The Kier molecular flexibility index (Phi) is 4.81. The van der Waals surface area contributed by atoms with E-state index in [0.29, 0.717) is 18.1 Å². The second kappa shape index (κ2) is 6.65. The topological polar surface area (TPSA) is 54.4 Å². The summed E-state index contributed by atoms with van der Waals surface area (Å²) in [5.74, 6) is 0.854. The average molecular weight is 304 g/mol. The summed E-state index contributed by atoms with van der Waals surface area (Å²) in [5, 5.41) is 13.4. The van der Waals surface area contributed by atoms with Gasteiger partial charge >= 0.3 is 0 Å². The summed E-state index contributed by atoms with van der Waals surface area (Å²) >= 11 is 0. The van der Waals surface area contributed by atoms with Gasteiger partial charge in [0.25, 0.3) is 0 Å². The SMILES string of the molecule is CC1(C)C(NCC(CO)Cc2ccccn2)C2CCCOC21. The smallest absolute Gasteiger partial charge is 0.0684 e. The molecule has 4 heteroatoms.